The lowest BCUT2D eigenvalue weighted by molar-refractivity contribution is -0.122. The van der Waals surface area contributed by atoms with Gasteiger partial charge in [-0.1, -0.05) is 58.4 Å². The Morgan fingerprint density at radius 1 is 0.947 bits per heavy atom. The van der Waals surface area contributed by atoms with Gasteiger partial charge in [0.15, 0.2) is 0 Å². The minimum atomic E-state index is -0.785. The number of fused-ring (bicyclic) bond motifs is 1. The lowest BCUT2D eigenvalue weighted by Crippen LogP contribution is -2.54. The highest BCUT2D eigenvalue weighted by atomic mass is 127. The first-order chi connectivity index (χ1) is 18.2. The van der Waals surface area contributed by atoms with E-state index in [2.05, 4.69) is 78.0 Å². The largest absolute Gasteiger partial charge is 0.487 e. The number of carbonyl (C=O) groups excluding carboxylic acids is 3. The third-order valence-electron chi connectivity index (χ3n) is 6.08. The van der Waals surface area contributed by atoms with Crippen LogP contribution in [0.2, 0.25) is 0 Å². The molecule has 0 atom stereocenters. The van der Waals surface area contributed by atoms with E-state index in [1.807, 2.05) is 37.3 Å². The summed E-state index contributed by atoms with van der Waals surface area (Å²) < 4.78 is 8.50. The molecule has 1 fully saturated rings. The summed E-state index contributed by atoms with van der Waals surface area (Å²) >= 11 is 9.16. The lowest BCUT2D eigenvalue weighted by atomic mass is 10.1. The van der Waals surface area contributed by atoms with Crippen molar-refractivity contribution in [1.29, 1.82) is 0 Å². The average molecular weight is 746 g/mol. The molecule has 5 rings (SSSR count). The van der Waals surface area contributed by atoms with Gasteiger partial charge < -0.3 is 4.74 Å². The molecule has 1 heterocycles. The van der Waals surface area contributed by atoms with Gasteiger partial charge in [0.25, 0.3) is 11.8 Å². The predicted octanol–water partition coefficient (Wildman–Crippen LogP) is 7.52. The van der Waals surface area contributed by atoms with Crippen molar-refractivity contribution in [3.8, 4) is 5.75 Å². The fraction of sp³-hybridized carbons (Fsp3) is 0.0690. The Bertz CT molecular complexity index is 1640. The molecule has 6 nitrogen and oxygen atoms in total. The summed E-state index contributed by atoms with van der Waals surface area (Å²) in [6.45, 7) is 2.23. The zero-order valence-electron chi connectivity index (χ0n) is 19.9. The van der Waals surface area contributed by atoms with Crippen LogP contribution >= 0.6 is 54.5 Å². The van der Waals surface area contributed by atoms with Crippen LogP contribution in [-0.2, 0) is 16.2 Å². The molecule has 0 bridgehead atoms. The SMILES string of the molecule is Cc1cc(N2C(=O)NC(=O)/C(=C\c3cc(Br)c(OCc4cccc5ccccc45)c(I)c3)C2=O)ccc1Br. The summed E-state index contributed by atoms with van der Waals surface area (Å²) in [5, 5.41) is 4.54. The fourth-order valence-corrected chi connectivity index (χ4v) is 6.21. The molecule has 1 aliphatic rings. The monoisotopic (exact) mass is 744 g/mol. The van der Waals surface area contributed by atoms with Crippen LogP contribution < -0.4 is 15.0 Å². The first kappa shape index (κ1) is 26.6. The minimum Gasteiger partial charge on any atom is -0.487 e. The van der Waals surface area contributed by atoms with E-state index < -0.39 is 17.8 Å². The molecule has 38 heavy (non-hydrogen) atoms. The van der Waals surface area contributed by atoms with Crippen molar-refractivity contribution < 1.29 is 19.1 Å². The van der Waals surface area contributed by atoms with E-state index in [-0.39, 0.29) is 5.57 Å². The number of urea groups is 1. The van der Waals surface area contributed by atoms with Gasteiger partial charge in [0.2, 0.25) is 0 Å². The highest BCUT2D eigenvalue weighted by molar-refractivity contribution is 14.1. The van der Waals surface area contributed by atoms with Gasteiger partial charge in [-0.2, -0.15) is 0 Å². The van der Waals surface area contributed by atoms with Crippen LogP contribution in [0, 0.1) is 10.5 Å². The number of amides is 4. The second-order valence-electron chi connectivity index (χ2n) is 8.63. The van der Waals surface area contributed by atoms with E-state index in [9.17, 15) is 14.4 Å². The minimum absolute atomic E-state index is 0.141. The summed E-state index contributed by atoms with van der Waals surface area (Å²) in [4.78, 5) is 39.4. The van der Waals surface area contributed by atoms with Crippen LogP contribution in [-0.4, -0.2) is 17.8 Å². The second kappa shape index (κ2) is 11.0. The van der Waals surface area contributed by atoms with E-state index in [4.69, 9.17) is 4.74 Å². The Labute approximate surface area is 249 Å². The van der Waals surface area contributed by atoms with E-state index in [0.717, 1.165) is 34.8 Å². The van der Waals surface area contributed by atoms with Crippen LogP contribution in [0.4, 0.5) is 10.5 Å². The van der Waals surface area contributed by atoms with Crippen molar-refractivity contribution in [2.24, 2.45) is 0 Å². The van der Waals surface area contributed by atoms with Crippen LogP contribution in [0.5, 0.6) is 5.75 Å². The van der Waals surface area contributed by atoms with Crippen LogP contribution in [0.3, 0.4) is 0 Å². The number of rotatable bonds is 5. The molecule has 0 saturated carbocycles. The zero-order valence-corrected chi connectivity index (χ0v) is 25.3. The highest BCUT2D eigenvalue weighted by Crippen LogP contribution is 2.34. The molecule has 0 unspecified atom stereocenters. The fourth-order valence-electron chi connectivity index (χ4n) is 4.20. The van der Waals surface area contributed by atoms with Gasteiger partial charge in [-0.15, -0.1) is 0 Å². The first-order valence-electron chi connectivity index (χ1n) is 11.5. The van der Waals surface area contributed by atoms with Crippen molar-refractivity contribution in [3.05, 3.63) is 108 Å². The molecule has 4 aromatic rings. The maximum atomic E-state index is 13.3. The summed E-state index contributed by atoms with van der Waals surface area (Å²) in [6.07, 6.45) is 1.48. The summed E-state index contributed by atoms with van der Waals surface area (Å²) in [5.41, 5.74) is 2.76. The van der Waals surface area contributed by atoms with E-state index >= 15 is 0 Å². The number of hydrogen-bond donors (Lipinski definition) is 1. The predicted molar refractivity (Wildman–Crippen MR) is 163 cm³/mol. The molecule has 0 aliphatic carbocycles. The molecule has 0 radical (unpaired) electrons. The van der Waals surface area contributed by atoms with Gasteiger partial charge in [-0.3, -0.25) is 14.9 Å². The molecular formula is C29H19Br2IN2O4. The van der Waals surface area contributed by atoms with Gasteiger partial charge in [0.1, 0.15) is 17.9 Å². The first-order valence-corrected chi connectivity index (χ1v) is 14.2. The molecule has 9 heteroatoms. The number of carbonyl (C=O) groups is 3. The van der Waals surface area contributed by atoms with E-state index in [1.165, 1.54) is 6.08 Å². The van der Waals surface area contributed by atoms with Gasteiger partial charge in [0.05, 0.1) is 13.7 Å². The van der Waals surface area contributed by atoms with Crippen molar-refractivity contribution in [2.45, 2.75) is 13.5 Å². The van der Waals surface area contributed by atoms with Gasteiger partial charge in [-0.25, -0.2) is 9.69 Å². The maximum Gasteiger partial charge on any atom is 0.335 e. The number of ether oxygens (including phenoxy) is 1. The quantitative estimate of drug-likeness (QED) is 0.130. The molecule has 1 aliphatic heterocycles. The third kappa shape index (κ3) is 5.27. The van der Waals surface area contributed by atoms with Crippen LogP contribution in [0.1, 0.15) is 16.7 Å². The standard InChI is InChI=1S/C29H19Br2IN2O4/c1-16-11-20(9-10-23(16)30)34-28(36)22(27(35)33-29(34)37)12-17-13-24(31)26(25(32)14-17)38-15-19-7-4-6-18-5-2-3-8-21(18)19/h2-14H,15H2,1H3,(H,33,35,37)/b22-12+. The molecule has 4 aromatic carbocycles. The molecule has 0 spiro atoms. The summed E-state index contributed by atoms with van der Waals surface area (Å²) in [7, 11) is 0. The van der Waals surface area contributed by atoms with E-state index in [0.29, 0.717) is 28.1 Å². The normalized spacial score (nSPS) is 14.8. The molecule has 4 amide bonds. The zero-order chi connectivity index (χ0) is 27.0. The van der Waals surface area contributed by atoms with Crippen molar-refractivity contribution in [2.75, 3.05) is 4.90 Å². The Hall–Kier alpha value is -3.02. The molecule has 1 N–H and O–H groups in total. The highest BCUT2D eigenvalue weighted by Gasteiger charge is 2.37. The van der Waals surface area contributed by atoms with Gasteiger partial charge >= 0.3 is 6.03 Å². The van der Waals surface area contributed by atoms with Gasteiger partial charge in [-0.05, 0) is 109 Å². The number of halogens is 3. The van der Waals surface area contributed by atoms with Crippen molar-refractivity contribution in [1.82, 2.24) is 5.32 Å². The van der Waals surface area contributed by atoms with Crippen molar-refractivity contribution in [3.63, 3.8) is 0 Å². The smallest absolute Gasteiger partial charge is 0.335 e. The Morgan fingerprint density at radius 3 is 2.47 bits per heavy atom. The lowest BCUT2D eigenvalue weighted by Gasteiger charge is -2.26. The number of hydrogen-bond acceptors (Lipinski definition) is 4. The topological polar surface area (TPSA) is 75.7 Å². The maximum absolute atomic E-state index is 13.3. The Morgan fingerprint density at radius 2 is 1.71 bits per heavy atom. The second-order valence-corrected chi connectivity index (χ2v) is 11.5. The number of anilines is 1. The Kier molecular flexibility index (Phi) is 7.69. The number of benzene rings is 4. The molecule has 190 valence electrons. The van der Waals surface area contributed by atoms with E-state index in [1.54, 1.807) is 24.3 Å². The number of aryl methyl sites for hydroxylation is 1. The number of imide groups is 2. The third-order valence-corrected chi connectivity index (χ3v) is 8.37. The number of barbiturate groups is 1. The summed E-state index contributed by atoms with van der Waals surface area (Å²) in [5.74, 6) is -0.780. The van der Waals surface area contributed by atoms with Crippen LogP contribution in [0.25, 0.3) is 16.8 Å². The molecular weight excluding hydrogens is 727 g/mol. The molecule has 0 aromatic heterocycles. The summed E-state index contributed by atoms with van der Waals surface area (Å²) in [6, 6.07) is 22.2. The molecule has 1 saturated heterocycles. The van der Waals surface area contributed by atoms with Crippen molar-refractivity contribution >= 4 is 94.8 Å². The number of nitrogens with zero attached hydrogens (tertiary/aromatic N) is 1. The van der Waals surface area contributed by atoms with Gasteiger partial charge in [0, 0.05) is 4.47 Å². The average Bonchev–Trinajstić information content (AvgIpc) is 2.88. The van der Waals surface area contributed by atoms with Crippen LogP contribution in [0.15, 0.2) is 87.3 Å². The Balaban J connectivity index is 1.42. The number of nitrogens with one attached hydrogen (secondary N) is 1.